The second-order valence-corrected chi connectivity index (χ2v) is 3.82. The van der Waals surface area contributed by atoms with Crippen LogP contribution in [0.25, 0.3) is 10.9 Å². The number of hydrogen-bond acceptors (Lipinski definition) is 3. The maximum Gasteiger partial charge on any atom is 0.220 e. The van der Waals surface area contributed by atoms with Crippen LogP contribution in [0.15, 0.2) is 18.2 Å². The summed E-state index contributed by atoms with van der Waals surface area (Å²) in [5.74, 6) is 0.291. The van der Waals surface area contributed by atoms with Gasteiger partial charge in [-0.25, -0.2) is 9.97 Å². The summed E-state index contributed by atoms with van der Waals surface area (Å²) >= 11 is 6.06. The minimum absolute atomic E-state index is 0.291. The summed E-state index contributed by atoms with van der Waals surface area (Å²) in [6.07, 6.45) is 1.92. The molecule has 1 heterocycles. The summed E-state index contributed by atoms with van der Waals surface area (Å²) in [6.45, 7) is 2.11. The molecule has 0 radical (unpaired) electrons. The van der Waals surface area contributed by atoms with Crippen LogP contribution >= 0.6 is 11.6 Å². The van der Waals surface area contributed by atoms with Gasteiger partial charge in [0.1, 0.15) is 0 Å². The molecule has 0 unspecified atom stereocenters. The molecule has 0 saturated carbocycles. The van der Waals surface area contributed by atoms with Crippen LogP contribution in [0.2, 0.25) is 5.02 Å². The first-order valence-electron chi connectivity index (χ1n) is 4.93. The third-order valence-electron chi connectivity index (χ3n) is 2.26. The topological polar surface area (TPSA) is 51.8 Å². The Balaban J connectivity index is 2.74. The third kappa shape index (κ3) is 1.88. The fraction of sp³-hybridized carbons (Fsp3) is 0.273. The molecular formula is C11H12ClN3. The molecular weight excluding hydrogens is 210 g/mol. The summed E-state index contributed by atoms with van der Waals surface area (Å²) in [4.78, 5) is 8.39. The van der Waals surface area contributed by atoms with Crippen LogP contribution in [-0.4, -0.2) is 9.97 Å². The third-order valence-corrected chi connectivity index (χ3v) is 2.57. The van der Waals surface area contributed by atoms with Gasteiger partial charge in [0.15, 0.2) is 0 Å². The summed E-state index contributed by atoms with van der Waals surface area (Å²) in [7, 11) is 0. The lowest BCUT2D eigenvalue weighted by molar-refractivity contribution is 0.890. The molecule has 0 aliphatic heterocycles. The number of rotatable bonds is 2. The fourth-order valence-corrected chi connectivity index (χ4v) is 1.84. The molecule has 2 rings (SSSR count). The zero-order chi connectivity index (χ0) is 10.8. The lowest BCUT2D eigenvalue weighted by Gasteiger charge is -2.06. The molecule has 0 fully saturated rings. The van der Waals surface area contributed by atoms with Gasteiger partial charge in [0, 0.05) is 5.39 Å². The van der Waals surface area contributed by atoms with Gasteiger partial charge >= 0.3 is 0 Å². The highest BCUT2D eigenvalue weighted by atomic mass is 35.5. The minimum atomic E-state index is 0.291. The number of anilines is 1. The van der Waals surface area contributed by atoms with Crippen molar-refractivity contribution in [2.24, 2.45) is 0 Å². The van der Waals surface area contributed by atoms with Crippen LogP contribution in [0.4, 0.5) is 5.95 Å². The van der Waals surface area contributed by atoms with Crippen molar-refractivity contribution in [3.8, 4) is 0 Å². The Labute approximate surface area is 93.3 Å². The summed E-state index contributed by atoms with van der Waals surface area (Å²) in [5.41, 5.74) is 7.36. The summed E-state index contributed by atoms with van der Waals surface area (Å²) in [6, 6.07) is 5.70. The molecule has 0 amide bonds. The highest BCUT2D eigenvalue weighted by molar-refractivity contribution is 6.35. The average molecular weight is 222 g/mol. The molecule has 15 heavy (non-hydrogen) atoms. The Kier molecular flexibility index (Phi) is 2.73. The van der Waals surface area contributed by atoms with Crippen molar-refractivity contribution >= 4 is 28.5 Å². The van der Waals surface area contributed by atoms with Crippen LogP contribution in [0, 0.1) is 0 Å². The maximum atomic E-state index is 6.06. The number of nitrogens with two attached hydrogens (primary N) is 1. The molecule has 2 aromatic rings. The molecule has 3 nitrogen and oxygen atoms in total. The molecule has 0 spiro atoms. The number of aryl methyl sites for hydroxylation is 1. The molecule has 4 heteroatoms. The molecule has 0 aliphatic carbocycles. The Morgan fingerprint density at radius 1 is 1.33 bits per heavy atom. The van der Waals surface area contributed by atoms with E-state index >= 15 is 0 Å². The first-order valence-corrected chi connectivity index (χ1v) is 5.30. The van der Waals surface area contributed by atoms with Gasteiger partial charge in [-0.15, -0.1) is 0 Å². The number of halogens is 1. The first-order chi connectivity index (χ1) is 7.22. The Bertz CT molecular complexity index is 496. The van der Waals surface area contributed by atoms with Crippen molar-refractivity contribution in [1.29, 1.82) is 0 Å². The van der Waals surface area contributed by atoms with Gasteiger partial charge in [-0.2, -0.15) is 0 Å². The second kappa shape index (κ2) is 4.03. The fourth-order valence-electron chi connectivity index (χ4n) is 1.63. The smallest absolute Gasteiger partial charge is 0.220 e. The molecule has 0 saturated heterocycles. The van der Waals surface area contributed by atoms with Crippen LogP contribution in [0.1, 0.15) is 19.0 Å². The molecule has 0 atom stereocenters. The largest absolute Gasteiger partial charge is 0.368 e. The van der Waals surface area contributed by atoms with E-state index < -0.39 is 0 Å². The summed E-state index contributed by atoms with van der Waals surface area (Å²) in [5, 5.41) is 1.62. The average Bonchev–Trinajstić information content (AvgIpc) is 2.20. The normalized spacial score (nSPS) is 10.8. The monoisotopic (exact) mass is 221 g/mol. The first kappa shape index (κ1) is 10.2. The summed E-state index contributed by atoms with van der Waals surface area (Å²) < 4.78 is 0. The quantitative estimate of drug-likeness (QED) is 0.849. The Morgan fingerprint density at radius 2 is 2.13 bits per heavy atom. The van der Waals surface area contributed by atoms with Crippen LogP contribution in [-0.2, 0) is 6.42 Å². The predicted octanol–water partition coefficient (Wildman–Crippen LogP) is 2.82. The van der Waals surface area contributed by atoms with Crippen LogP contribution in [0.5, 0.6) is 0 Å². The number of fused-ring (bicyclic) bond motifs is 1. The van der Waals surface area contributed by atoms with E-state index in [0.717, 1.165) is 29.4 Å². The predicted molar refractivity (Wildman–Crippen MR) is 63.0 cm³/mol. The SMILES string of the molecule is CCCc1nc(N)nc2c(Cl)cccc12. The molecule has 0 bridgehead atoms. The number of nitrogens with zero attached hydrogens (tertiary/aromatic N) is 2. The van der Waals surface area contributed by atoms with E-state index in [1.807, 2.05) is 18.2 Å². The van der Waals surface area contributed by atoms with E-state index in [9.17, 15) is 0 Å². The van der Waals surface area contributed by atoms with Crippen molar-refractivity contribution in [3.63, 3.8) is 0 Å². The minimum Gasteiger partial charge on any atom is -0.368 e. The lowest BCUT2D eigenvalue weighted by atomic mass is 10.1. The van der Waals surface area contributed by atoms with E-state index in [2.05, 4.69) is 16.9 Å². The van der Waals surface area contributed by atoms with Crippen molar-refractivity contribution in [3.05, 3.63) is 28.9 Å². The number of hydrogen-bond donors (Lipinski definition) is 1. The Hall–Kier alpha value is -1.35. The standard InChI is InChI=1S/C11H12ClN3/c1-2-4-9-7-5-3-6-8(12)10(7)15-11(13)14-9/h3,5-6H,2,4H2,1H3,(H2,13,14,15). The van der Waals surface area contributed by atoms with E-state index in [-0.39, 0.29) is 0 Å². The highest BCUT2D eigenvalue weighted by Crippen LogP contribution is 2.24. The number of para-hydroxylation sites is 1. The van der Waals surface area contributed by atoms with Gasteiger partial charge in [0.05, 0.1) is 16.2 Å². The van der Waals surface area contributed by atoms with Crippen molar-refractivity contribution in [1.82, 2.24) is 9.97 Å². The lowest BCUT2D eigenvalue weighted by Crippen LogP contribution is -2.00. The van der Waals surface area contributed by atoms with Crippen LogP contribution in [0.3, 0.4) is 0 Å². The van der Waals surface area contributed by atoms with Crippen molar-refractivity contribution in [2.75, 3.05) is 5.73 Å². The number of aromatic nitrogens is 2. The Morgan fingerprint density at radius 3 is 2.87 bits per heavy atom. The van der Waals surface area contributed by atoms with E-state index in [4.69, 9.17) is 17.3 Å². The molecule has 2 N–H and O–H groups in total. The van der Waals surface area contributed by atoms with Gasteiger partial charge in [0.25, 0.3) is 0 Å². The maximum absolute atomic E-state index is 6.06. The van der Waals surface area contributed by atoms with Crippen LogP contribution < -0.4 is 5.73 Å². The molecule has 78 valence electrons. The molecule has 1 aromatic carbocycles. The van der Waals surface area contributed by atoms with Gasteiger partial charge in [-0.1, -0.05) is 37.1 Å². The zero-order valence-corrected chi connectivity index (χ0v) is 9.25. The van der Waals surface area contributed by atoms with E-state index in [1.54, 1.807) is 0 Å². The van der Waals surface area contributed by atoms with Gasteiger partial charge < -0.3 is 5.73 Å². The number of nitrogen functional groups attached to an aromatic ring is 1. The molecule has 0 aliphatic rings. The van der Waals surface area contributed by atoms with E-state index in [0.29, 0.717) is 11.0 Å². The van der Waals surface area contributed by atoms with Gasteiger partial charge in [0.2, 0.25) is 5.95 Å². The van der Waals surface area contributed by atoms with Crippen molar-refractivity contribution < 1.29 is 0 Å². The zero-order valence-electron chi connectivity index (χ0n) is 8.50. The molecule has 1 aromatic heterocycles. The number of benzene rings is 1. The van der Waals surface area contributed by atoms with Gasteiger partial charge in [-0.05, 0) is 12.5 Å². The van der Waals surface area contributed by atoms with E-state index in [1.165, 1.54) is 0 Å². The van der Waals surface area contributed by atoms with Gasteiger partial charge in [-0.3, -0.25) is 0 Å². The highest BCUT2D eigenvalue weighted by Gasteiger charge is 2.07. The van der Waals surface area contributed by atoms with Crippen molar-refractivity contribution in [2.45, 2.75) is 19.8 Å². The second-order valence-electron chi connectivity index (χ2n) is 3.41.